The zero-order valence-electron chi connectivity index (χ0n) is 18.3. The molecule has 4 heteroatoms. The van der Waals surface area contributed by atoms with Crippen LogP contribution >= 0.6 is 0 Å². The molecular formula is C27H32N2O2. The minimum absolute atomic E-state index is 0.0683. The Morgan fingerprint density at radius 1 is 1.00 bits per heavy atom. The summed E-state index contributed by atoms with van der Waals surface area (Å²) in [6.07, 6.45) is 7.26. The fourth-order valence-corrected chi connectivity index (χ4v) is 4.87. The molecule has 2 aromatic carbocycles. The lowest BCUT2D eigenvalue weighted by atomic mass is 9.87. The summed E-state index contributed by atoms with van der Waals surface area (Å²) in [6.45, 7) is 6.91. The van der Waals surface area contributed by atoms with Crippen LogP contribution in [0.5, 0.6) is 0 Å². The highest BCUT2D eigenvalue weighted by atomic mass is 16.2. The fourth-order valence-electron chi connectivity index (χ4n) is 4.87. The highest BCUT2D eigenvalue weighted by Crippen LogP contribution is 2.39. The lowest BCUT2D eigenvalue weighted by Gasteiger charge is -2.47. The van der Waals surface area contributed by atoms with E-state index in [-0.39, 0.29) is 18.0 Å². The van der Waals surface area contributed by atoms with Crippen LogP contribution in [0.4, 0.5) is 4.79 Å². The van der Waals surface area contributed by atoms with E-state index in [0.717, 1.165) is 43.2 Å². The Kier molecular flexibility index (Phi) is 6.45. The molecule has 0 spiro atoms. The smallest absolute Gasteiger partial charge is 0.329 e. The van der Waals surface area contributed by atoms with Gasteiger partial charge in [-0.15, -0.1) is 0 Å². The van der Waals surface area contributed by atoms with E-state index in [1.807, 2.05) is 40.1 Å². The molecule has 1 saturated heterocycles. The average Bonchev–Trinajstić information content (AvgIpc) is 2.81. The summed E-state index contributed by atoms with van der Waals surface area (Å²) < 4.78 is 0. The lowest BCUT2D eigenvalue weighted by Crippen LogP contribution is -2.54. The van der Waals surface area contributed by atoms with Crippen molar-refractivity contribution < 1.29 is 9.90 Å². The van der Waals surface area contributed by atoms with Gasteiger partial charge in [-0.3, -0.25) is 9.80 Å². The number of benzene rings is 2. The maximum absolute atomic E-state index is 13.7. The van der Waals surface area contributed by atoms with Crippen LogP contribution in [-0.4, -0.2) is 27.0 Å². The van der Waals surface area contributed by atoms with E-state index in [2.05, 4.69) is 37.8 Å². The van der Waals surface area contributed by atoms with Gasteiger partial charge in [-0.05, 0) is 37.3 Å². The maximum atomic E-state index is 13.7. The normalized spacial score (nSPS) is 21.7. The number of aliphatic hydroxyl groups is 1. The van der Waals surface area contributed by atoms with Crippen molar-refractivity contribution in [2.75, 3.05) is 0 Å². The first-order chi connectivity index (χ1) is 15.1. The van der Waals surface area contributed by atoms with Gasteiger partial charge in [-0.2, -0.15) is 0 Å². The Bertz CT molecular complexity index is 943. The first-order valence-electron chi connectivity index (χ1n) is 11.3. The van der Waals surface area contributed by atoms with E-state index in [0.29, 0.717) is 18.7 Å². The predicted octanol–water partition coefficient (Wildman–Crippen LogP) is 6.34. The number of carbonyl (C=O) groups is 1. The summed E-state index contributed by atoms with van der Waals surface area (Å²) in [5, 5.41) is 10.3. The van der Waals surface area contributed by atoms with Crippen molar-refractivity contribution in [3.05, 3.63) is 95.5 Å². The van der Waals surface area contributed by atoms with Gasteiger partial charge in [0.1, 0.15) is 0 Å². The minimum atomic E-state index is -0.143. The second-order valence-electron chi connectivity index (χ2n) is 8.80. The zero-order valence-corrected chi connectivity index (χ0v) is 18.3. The van der Waals surface area contributed by atoms with E-state index in [9.17, 15) is 9.90 Å². The quantitative estimate of drug-likeness (QED) is 0.578. The summed E-state index contributed by atoms with van der Waals surface area (Å²) in [7, 11) is 0. The van der Waals surface area contributed by atoms with Crippen molar-refractivity contribution in [2.45, 2.75) is 58.0 Å². The second-order valence-corrected chi connectivity index (χ2v) is 8.80. The van der Waals surface area contributed by atoms with Gasteiger partial charge in [0.2, 0.25) is 0 Å². The molecule has 2 fully saturated rings. The monoisotopic (exact) mass is 416 g/mol. The summed E-state index contributed by atoms with van der Waals surface area (Å²) in [5.41, 5.74) is 4.90. The number of hydrogen-bond acceptors (Lipinski definition) is 2. The number of aliphatic hydroxyl groups excluding tert-OH is 1. The van der Waals surface area contributed by atoms with Crippen LogP contribution in [0.2, 0.25) is 0 Å². The van der Waals surface area contributed by atoms with E-state index in [1.165, 1.54) is 17.5 Å². The molecule has 1 heterocycles. The van der Waals surface area contributed by atoms with Crippen LogP contribution in [0.15, 0.2) is 78.8 Å². The Morgan fingerprint density at radius 3 is 2.32 bits per heavy atom. The largest absolute Gasteiger partial charge is 0.514 e. The topological polar surface area (TPSA) is 43.8 Å². The number of rotatable bonds is 5. The van der Waals surface area contributed by atoms with Crippen LogP contribution in [0.1, 0.15) is 48.8 Å². The summed E-state index contributed by atoms with van der Waals surface area (Å²) in [5.74, 6) is -0.143. The third kappa shape index (κ3) is 4.53. The van der Waals surface area contributed by atoms with Crippen molar-refractivity contribution >= 4 is 6.03 Å². The molecule has 4 nitrogen and oxygen atoms in total. The van der Waals surface area contributed by atoms with Gasteiger partial charge in [0.25, 0.3) is 0 Å². The molecule has 1 atom stereocenters. The van der Waals surface area contributed by atoms with Gasteiger partial charge in [0, 0.05) is 17.7 Å². The van der Waals surface area contributed by atoms with Gasteiger partial charge in [0.05, 0.1) is 18.5 Å². The molecule has 1 aliphatic heterocycles. The number of nitrogens with zero attached hydrogens (tertiary/aromatic N) is 2. The van der Waals surface area contributed by atoms with Gasteiger partial charge >= 0.3 is 6.03 Å². The third-order valence-corrected chi connectivity index (χ3v) is 6.64. The molecule has 0 radical (unpaired) electrons. The van der Waals surface area contributed by atoms with Crippen LogP contribution in [0.25, 0.3) is 0 Å². The van der Waals surface area contributed by atoms with Crippen LogP contribution in [0, 0.1) is 12.8 Å². The Hall–Kier alpha value is -3.01. The molecule has 1 unspecified atom stereocenters. The summed E-state index contributed by atoms with van der Waals surface area (Å²) >= 11 is 0. The van der Waals surface area contributed by atoms with E-state index in [1.54, 1.807) is 0 Å². The molecule has 31 heavy (non-hydrogen) atoms. The number of hydrogen-bond donors (Lipinski definition) is 1. The molecule has 2 aromatic rings. The molecule has 1 saturated carbocycles. The van der Waals surface area contributed by atoms with Gasteiger partial charge < -0.3 is 5.11 Å². The maximum Gasteiger partial charge on any atom is 0.329 e. The molecule has 1 aliphatic carbocycles. The van der Waals surface area contributed by atoms with E-state index < -0.39 is 0 Å². The number of urea groups is 1. The molecule has 1 N–H and O–H groups in total. The molecule has 2 amide bonds. The average molecular weight is 417 g/mol. The van der Waals surface area contributed by atoms with Gasteiger partial charge in [0.15, 0.2) is 0 Å². The Morgan fingerprint density at radius 2 is 1.68 bits per heavy atom. The van der Waals surface area contributed by atoms with E-state index in [4.69, 9.17) is 0 Å². The first kappa shape index (κ1) is 21.2. The van der Waals surface area contributed by atoms with Crippen molar-refractivity contribution in [1.29, 1.82) is 0 Å². The SMILES string of the molecule is C=C1C(Cc2ccc(C)cc2)C(=CO)N(C2CCCCC2)C(=O)N1Cc1ccccc1. The highest BCUT2D eigenvalue weighted by Gasteiger charge is 2.42. The molecule has 0 bridgehead atoms. The van der Waals surface area contributed by atoms with Gasteiger partial charge in [-0.1, -0.05) is 86.0 Å². The molecule has 0 aromatic heterocycles. The van der Waals surface area contributed by atoms with Crippen molar-refractivity contribution in [2.24, 2.45) is 5.92 Å². The van der Waals surface area contributed by atoms with Crippen LogP contribution in [-0.2, 0) is 13.0 Å². The fraction of sp³-hybridized carbons (Fsp3) is 0.370. The standard InChI is InChI=1S/C27H32N2O2/c1-20-13-15-22(16-14-20)17-25-21(2)28(18-23-9-5-3-6-10-23)27(31)29(26(25)19-30)24-11-7-4-8-12-24/h3,5-6,9-10,13-16,19,24-25,30H,2,4,7-8,11-12,17-18H2,1H3. The predicted molar refractivity (Wildman–Crippen MR) is 124 cm³/mol. The summed E-state index contributed by atoms with van der Waals surface area (Å²) in [6, 6.07) is 18.6. The second kappa shape index (κ2) is 9.42. The Labute approximate surface area is 185 Å². The highest BCUT2D eigenvalue weighted by molar-refractivity contribution is 5.81. The third-order valence-electron chi connectivity index (χ3n) is 6.64. The molecule has 162 valence electrons. The molecule has 2 aliphatic rings. The first-order valence-corrected chi connectivity index (χ1v) is 11.3. The van der Waals surface area contributed by atoms with Gasteiger partial charge in [-0.25, -0.2) is 4.79 Å². The van der Waals surface area contributed by atoms with Crippen LogP contribution in [0.3, 0.4) is 0 Å². The Balaban J connectivity index is 1.69. The number of carbonyl (C=O) groups excluding carboxylic acids is 1. The number of aryl methyl sites for hydroxylation is 1. The van der Waals surface area contributed by atoms with E-state index >= 15 is 0 Å². The summed E-state index contributed by atoms with van der Waals surface area (Å²) in [4.78, 5) is 17.4. The molecule has 4 rings (SSSR count). The van der Waals surface area contributed by atoms with Crippen molar-refractivity contribution in [3.63, 3.8) is 0 Å². The van der Waals surface area contributed by atoms with Crippen LogP contribution < -0.4 is 0 Å². The van der Waals surface area contributed by atoms with Crippen molar-refractivity contribution in [3.8, 4) is 0 Å². The van der Waals surface area contributed by atoms with Crippen molar-refractivity contribution in [1.82, 2.24) is 9.80 Å². The minimum Gasteiger partial charge on any atom is -0.514 e. The lowest BCUT2D eigenvalue weighted by molar-refractivity contribution is 0.115. The number of amides is 2. The zero-order chi connectivity index (χ0) is 21.8. The molecular weight excluding hydrogens is 384 g/mol.